The average Bonchev–Trinajstić information content (AvgIpc) is 2.30. The minimum absolute atomic E-state index is 1.26. The van der Waals surface area contributed by atoms with Crippen LogP contribution in [-0.2, 0) is 6.42 Å². The molecular weight excluding hydrogens is 207 g/mol. The van der Waals surface area contributed by atoms with Gasteiger partial charge < -0.3 is 0 Å². The highest BCUT2D eigenvalue weighted by molar-refractivity contribution is 6.08. The summed E-state index contributed by atoms with van der Waals surface area (Å²) in [5, 5.41) is 1.49. The molecule has 0 N–H and O–H groups in total. The summed E-state index contributed by atoms with van der Waals surface area (Å²) in [6, 6.07) is 9.00. The van der Waals surface area contributed by atoms with Gasteiger partial charge in [-0.1, -0.05) is 61.9 Å². The van der Waals surface area contributed by atoms with E-state index in [1.165, 1.54) is 77.6 Å². The standard InChI is InChI=1S/C15H23.Al.2H/c1-3-4-5-6-7-8-9-15-12-10-14(2)11-13-15;;;/h10-13H,1,3-9H2,2H3;;;. The van der Waals surface area contributed by atoms with Gasteiger partial charge in [-0.2, -0.15) is 0 Å². The highest BCUT2D eigenvalue weighted by Gasteiger charge is 1.94. The van der Waals surface area contributed by atoms with Crippen LogP contribution in [0.3, 0.4) is 0 Å². The van der Waals surface area contributed by atoms with Crippen LogP contribution < -0.4 is 0 Å². The van der Waals surface area contributed by atoms with Gasteiger partial charge in [-0.15, -0.1) is 5.28 Å². The van der Waals surface area contributed by atoms with E-state index in [-0.39, 0.29) is 0 Å². The molecule has 88 valence electrons. The van der Waals surface area contributed by atoms with Gasteiger partial charge in [-0.25, -0.2) is 0 Å². The number of hydrogen-bond donors (Lipinski definition) is 0. The number of benzene rings is 1. The second-order valence-electron chi connectivity index (χ2n) is 4.86. The lowest BCUT2D eigenvalue weighted by Gasteiger charge is -2.02. The highest BCUT2D eigenvalue weighted by atomic mass is 27.0. The summed E-state index contributed by atoms with van der Waals surface area (Å²) in [6.45, 7) is 2.15. The minimum Gasteiger partial charge on any atom is -0.101 e. The van der Waals surface area contributed by atoms with E-state index >= 15 is 0 Å². The smallest absolute Gasteiger partial charge is 0.101 e. The van der Waals surface area contributed by atoms with Crippen molar-refractivity contribution < 1.29 is 0 Å². The first-order valence-corrected chi connectivity index (χ1v) is 8.30. The van der Waals surface area contributed by atoms with Crippen molar-refractivity contribution in [2.45, 2.75) is 57.2 Å². The largest absolute Gasteiger partial charge is 0.211 e. The van der Waals surface area contributed by atoms with E-state index in [1.54, 1.807) is 0 Å². The van der Waals surface area contributed by atoms with Crippen LogP contribution in [0.5, 0.6) is 0 Å². The zero-order valence-electron chi connectivity index (χ0n) is 11.0. The monoisotopic (exact) mass is 232 g/mol. The third-order valence-corrected chi connectivity index (χ3v) is 3.90. The molecule has 0 radical (unpaired) electrons. The van der Waals surface area contributed by atoms with Crippen LogP contribution in [0.4, 0.5) is 0 Å². The van der Waals surface area contributed by atoms with E-state index in [9.17, 15) is 0 Å². The zero-order valence-corrected chi connectivity index (χ0v) is 13.0. The van der Waals surface area contributed by atoms with Gasteiger partial charge in [0.05, 0.1) is 0 Å². The first-order valence-electron chi connectivity index (χ1n) is 6.88. The fourth-order valence-corrected chi connectivity index (χ4v) is 2.54. The molecule has 1 heteroatoms. The van der Waals surface area contributed by atoms with Crippen LogP contribution in [0.15, 0.2) is 24.3 Å². The Morgan fingerprint density at radius 2 is 1.38 bits per heavy atom. The molecule has 16 heavy (non-hydrogen) atoms. The minimum atomic E-state index is 1.26. The summed E-state index contributed by atoms with van der Waals surface area (Å²) in [5.74, 6) is 0. The van der Waals surface area contributed by atoms with Crippen LogP contribution in [-0.4, -0.2) is 16.3 Å². The van der Waals surface area contributed by atoms with Gasteiger partial charge in [0.1, 0.15) is 0 Å². The van der Waals surface area contributed by atoms with Crippen LogP contribution in [0, 0.1) is 6.92 Å². The Morgan fingerprint density at radius 1 is 0.812 bits per heavy atom. The van der Waals surface area contributed by atoms with E-state index in [2.05, 4.69) is 31.2 Å². The molecule has 0 spiro atoms. The summed E-state index contributed by atoms with van der Waals surface area (Å²) in [6.07, 6.45) is 9.88. The zero-order chi connectivity index (χ0) is 11.6. The number of unbranched alkanes of at least 4 members (excludes halogenated alkanes) is 5. The topological polar surface area (TPSA) is 0 Å². The molecule has 0 fully saturated rings. The predicted molar refractivity (Wildman–Crippen MR) is 75.9 cm³/mol. The maximum absolute atomic E-state index is 2.27. The fraction of sp³-hybridized carbons (Fsp3) is 0.600. The van der Waals surface area contributed by atoms with E-state index in [0.717, 1.165) is 0 Å². The maximum atomic E-state index is 2.27. The molecule has 0 heterocycles. The Labute approximate surface area is 109 Å². The lowest BCUT2D eigenvalue weighted by Crippen LogP contribution is -1.86. The number of hydrogen-bond acceptors (Lipinski definition) is 0. The average molecular weight is 232 g/mol. The third kappa shape index (κ3) is 6.36. The van der Waals surface area contributed by atoms with Crippen LogP contribution in [0.1, 0.15) is 49.7 Å². The number of rotatable bonds is 8. The molecule has 0 amide bonds. The summed E-state index contributed by atoms with van der Waals surface area (Å²) in [4.78, 5) is 0. The molecule has 0 aliphatic rings. The lowest BCUT2D eigenvalue weighted by molar-refractivity contribution is 0.607. The molecule has 0 atom stereocenters. The predicted octanol–water partition coefficient (Wildman–Crippen LogP) is 3.93. The molecular formula is C15H25Al. The van der Waals surface area contributed by atoms with Gasteiger partial charge >= 0.3 is 0 Å². The van der Waals surface area contributed by atoms with E-state index < -0.39 is 0 Å². The van der Waals surface area contributed by atoms with Crippen molar-refractivity contribution in [1.29, 1.82) is 0 Å². The van der Waals surface area contributed by atoms with E-state index in [4.69, 9.17) is 0 Å². The Morgan fingerprint density at radius 3 is 2.00 bits per heavy atom. The molecule has 0 saturated heterocycles. The first kappa shape index (κ1) is 13.8. The van der Waals surface area contributed by atoms with Gasteiger partial charge in [-0.05, 0) is 25.3 Å². The van der Waals surface area contributed by atoms with E-state index in [1.807, 2.05) is 0 Å². The van der Waals surface area contributed by atoms with Crippen molar-refractivity contribution in [3.63, 3.8) is 0 Å². The van der Waals surface area contributed by atoms with Crippen molar-refractivity contribution in [2.24, 2.45) is 0 Å². The van der Waals surface area contributed by atoms with Gasteiger partial charge in [0.25, 0.3) is 0 Å². The normalized spacial score (nSPS) is 10.6. The molecule has 0 aliphatic carbocycles. The molecule has 0 aliphatic heterocycles. The van der Waals surface area contributed by atoms with Crippen molar-refractivity contribution in [2.75, 3.05) is 0 Å². The van der Waals surface area contributed by atoms with Crippen molar-refractivity contribution >= 4 is 16.3 Å². The van der Waals surface area contributed by atoms with Crippen molar-refractivity contribution in [3.05, 3.63) is 35.4 Å². The van der Waals surface area contributed by atoms with Gasteiger partial charge in [-0.3, -0.25) is 0 Å². The second-order valence-corrected chi connectivity index (χ2v) is 5.86. The summed E-state index contributed by atoms with van der Waals surface area (Å²) in [7, 11) is 0. The van der Waals surface area contributed by atoms with Crippen molar-refractivity contribution in [1.82, 2.24) is 0 Å². The summed E-state index contributed by atoms with van der Waals surface area (Å²) in [5.41, 5.74) is 2.87. The molecule has 1 aromatic carbocycles. The molecule has 1 rings (SSSR count). The lowest BCUT2D eigenvalue weighted by atomic mass is 10.0. The third-order valence-electron chi connectivity index (χ3n) is 3.19. The van der Waals surface area contributed by atoms with Gasteiger partial charge in [0.2, 0.25) is 16.3 Å². The second kappa shape index (κ2) is 8.85. The molecule has 0 nitrogen and oxygen atoms in total. The fourth-order valence-electron chi connectivity index (χ4n) is 2.04. The van der Waals surface area contributed by atoms with Gasteiger partial charge in [0.15, 0.2) is 0 Å². The van der Waals surface area contributed by atoms with Crippen molar-refractivity contribution in [3.8, 4) is 0 Å². The van der Waals surface area contributed by atoms with E-state index in [0.29, 0.717) is 0 Å². The van der Waals surface area contributed by atoms with Gasteiger partial charge in [0, 0.05) is 0 Å². The Bertz CT molecular complexity index is 263. The molecule has 0 unspecified atom stereocenters. The first-order chi connectivity index (χ1) is 7.83. The molecule has 0 saturated carbocycles. The molecule has 0 bridgehead atoms. The van der Waals surface area contributed by atoms with Crippen LogP contribution in [0.2, 0.25) is 5.28 Å². The molecule has 1 aromatic rings. The highest BCUT2D eigenvalue weighted by Crippen LogP contribution is 2.11. The SMILES string of the molecule is Cc1ccc(CCCCCCC[CH2][AlH2])cc1. The Kier molecular flexibility index (Phi) is 7.64. The summed E-state index contributed by atoms with van der Waals surface area (Å²) >= 11 is 1.39. The number of aryl methyl sites for hydroxylation is 2. The van der Waals surface area contributed by atoms with Crippen LogP contribution >= 0.6 is 0 Å². The maximum Gasteiger partial charge on any atom is 0.211 e. The Balaban J connectivity index is 2.01. The quantitative estimate of drug-likeness (QED) is 0.470. The summed E-state index contributed by atoms with van der Waals surface area (Å²) < 4.78 is 0. The Hall–Kier alpha value is -0.248. The molecule has 0 aromatic heterocycles. The van der Waals surface area contributed by atoms with Crippen LogP contribution in [0.25, 0.3) is 0 Å².